The van der Waals surface area contributed by atoms with E-state index in [0.717, 1.165) is 19.3 Å². The lowest BCUT2D eigenvalue weighted by molar-refractivity contribution is -0.314. The van der Waals surface area contributed by atoms with Gasteiger partial charge in [0.15, 0.2) is 0 Å². The maximum absolute atomic E-state index is 12.4. The van der Waals surface area contributed by atoms with E-state index in [9.17, 15) is 14.7 Å². The topological polar surface area (TPSA) is 69.2 Å². The van der Waals surface area contributed by atoms with Crippen LogP contribution in [0.4, 0.5) is 5.69 Å². The Kier molecular flexibility index (Phi) is 3.84. The zero-order valence-electron chi connectivity index (χ0n) is 11.1. The zero-order chi connectivity index (χ0) is 15.1. The van der Waals surface area contributed by atoms with Crippen LogP contribution in [0.1, 0.15) is 19.3 Å². The predicted octanol–water partition coefficient (Wildman–Crippen LogP) is 2.34. The van der Waals surface area contributed by atoms with Gasteiger partial charge in [-0.3, -0.25) is 4.79 Å². The van der Waals surface area contributed by atoms with E-state index < -0.39 is 17.8 Å². The van der Waals surface area contributed by atoms with Crippen LogP contribution in [0.5, 0.6) is 0 Å². The zero-order valence-corrected chi connectivity index (χ0v) is 12.7. The van der Waals surface area contributed by atoms with Gasteiger partial charge in [-0.05, 0) is 49.3 Å². The van der Waals surface area contributed by atoms with E-state index >= 15 is 0 Å². The minimum Gasteiger partial charge on any atom is -0.550 e. The first-order valence-corrected chi connectivity index (χ1v) is 7.69. The quantitative estimate of drug-likeness (QED) is 0.926. The van der Waals surface area contributed by atoms with E-state index in [1.54, 1.807) is 18.2 Å². The van der Waals surface area contributed by atoms with Gasteiger partial charge in [0.05, 0.1) is 10.0 Å². The van der Waals surface area contributed by atoms with Crippen LogP contribution in [0.3, 0.4) is 0 Å². The van der Waals surface area contributed by atoms with Gasteiger partial charge in [0, 0.05) is 23.5 Å². The summed E-state index contributed by atoms with van der Waals surface area (Å²) in [6, 6.07) is 4.80. The van der Waals surface area contributed by atoms with Crippen molar-refractivity contribution in [2.24, 2.45) is 23.7 Å². The van der Waals surface area contributed by atoms with E-state index in [2.05, 4.69) is 5.32 Å². The summed E-state index contributed by atoms with van der Waals surface area (Å²) in [6.07, 6.45) is 2.59. The molecule has 3 rings (SSSR count). The average Bonchev–Trinajstić information content (AvgIpc) is 3.03. The summed E-state index contributed by atoms with van der Waals surface area (Å²) in [5, 5.41) is 14.8. The lowest BCUT2D eigenvalue weighted by atomic mass is 9.78. The number of nitrogens with one attached hydrogen (secondary N) is 1. The minimum absolute atomic E-state index is 0.0737. The largest absolute Gasteiger partial charge is 0.550 e. The highest BCUT2D eigenvalue weighted by atomic mass is 35.5. The monoisotopic (exact) mass is 326 g/mol. The highest BCUT2D eigenvalue weighted by molar-refractivity contribution is 6.42. The number of rotatable bonds is 3. The van der Waals surface area contributed by atoms with E-state index in [1.807, 2.05) is 0 Å². The van der Waals surface area contributed by atoms with Gasteiger partial charge in [0.25, 0.3) is 0 Å². The summed E-state index contributed by atoms with van der Waals surface area (Å²) in [4.78, 5) is 23.8. The molecule has 2 saturated carbocycles. The first-order chi connectivity index (χ1) is 9.97. The fourth-order valence-electron chi connectivity index (χ4n) is 3.81. The highest BCUT2D eigenvalue weighted by Crippen LogP contribution is 2.52. The van der Waals surface area contributed by atoms with E-state index in [0.29, 0.717) is 15.7 Å². The van der Waals surface area contributed by atoms with Gasteiger partial charge in [-0.1, -0.05) is 23.2 Å². The van der Waals surface area contributed by atoms with Crippen LogP contribution in [0.25, 0.3) is 0 Å². The third kappa shape index (κ3) is 2.62. The second-order valence-electron chi connectivity index (χ2n) is 5.82. The Labute approximate surface area is 132 Å². The van der Waals surface area contributed by atoms with Crippen molar-refractivity contribution in [1.82, 2.24) is 0 Å². The number of benzene rings is 1. The summed E-state index contributed by atoms with van der Waals surface area (Å²) in [7, 11) is 0. The number of aliphatic carboxylic acids is 1. The van der Waals surface area contributed by atoms with E-state index in [1.165, 1.54) is 0 Å². The smallest absolute Gasteiger partial charge is 0.228 e. The molecule has 1 amide bonds. The van der Waals surface area contributed by atoms with Crippen molar-refractivity contribution in [3.05, 3.63) is 28.2 Å². The Balaban J connectivity index is 1.78. The molecular formula is C15H14Cl2NO3-. The predicted molar refractivity (Wildman–Crippen MR) is 77.9 cm³/mol. The molecule has 1 N–H and O–H groups in total. The summed E-state index contributed by atoms with van der Waals surface area (Å²) < 4.78 is 0. The van der Waals surface area contributed by atoms with Crippen molar-refractivity contribution in [3.8, 4) is 0 Å². The second-order valence-corrected chi connectivity index (χ2v) is 6.64. The normalized spacial score (nSPS) is 30.4. The summed E-state index contributed by atoms with van der Waals surface area (Å²) in [6.45, 7) is 0. The van der Waals surface area contributed by atoms with Gasteiger partial charge in [-0.25, -0.2) is 0 Å². The molecule has 2 fully saturated rings. The molecule has 21 heavy (non-hydrogen) atoms. The number of fused-ring (bicyclic) bond motifs is 2. The number of carbonyl (C=O) groups is 2. The Morgan fingerprint density at radius 3 is 2.38 bits per heavy atom. The molecule has 0 aromatic heterocycles. The van der Waals surface area contributed by atoms with Crippen LogP contribution in [-0.2, 0) is 9.59 Å². The molecule has 2 aliphatic rings. The Morgan fingerprint density at radius 2 is 1.76 bits per heavy atom. The molecule has 0 unspecified atom stereocenters. The average molecular weight is 327 g/mol. The number of hydrogen-bond donors (Lipinski definition) is 1. The molecule has 4 atom stereocenters. The van der Waals surface area contributed by atoms with Gasteiger partial charge in [0.2, 0.25) is 5.91 Å². The Hall–Kier alpha value is -1.26. The molecule has 2 bridgehead atoms. The van der Waals surface area contributed by atoms with Gasteiger partial charge in [0.1, 0.15) is 0 Å². The van der Waals surface area contributed by atoms with Crippen LogP contribution in [0, 0.1) is 23.7 Å². The van der Waals surface area contributed by atoms with Crippen LogP contribution in [0.15, 0.2) is 18.2 Å². The number of carbonyl (C=O) groups excluding carboxylic acids is 2. The molecule has 1 aromatic rings. The van der Waals surface area contributed by atoms with Gasteiger partial charge < -0.3 is 15.2 Å². The molecule has 0 heterocycles. The fourth-order valence-corrected chi connectivity index (χ4v) is 4.11. The van der Waals surface area contributed by atoms with Gasteiger partial charge >= 0.3 is 0 Å². The maximum atomic E-state index is 12.4. The lowest BCUT2D eigenvalue weighted by Crippen LogP contribution is -2.43. The van der Waals surface area contributed by atoms with Crippen molar-refractivity contribution in [1.29, 1.82) is 0 Å². The third-order valence-corrected chi connectivity index (χ3v) is 5.42. The number of amides is 1. The molecule has 1 aromatic carbocycles. The van der Waals surface area contributed by atoms with Crippen LogP contribution in [-0.4, -0.2) is 11.9 Å². The lowest BCUT2D eigenvalue weighted by Gasteiger charge is -2.30. The molecule has 6 heteroatoms. The second kappa shape index (κ2) is 5.50. The van der Waals surface area contributed by atoms with Crippen molar-refractivity contribution in [3.63, 3.8) is 0 Å². The van der Waals surface area contributed by atoms with Crippen LogP contribution >= 0.6 is 23.2 Å². The first-order valence-electron chi connectivity index (χ1n) is 6.94. The molecule has 2 aliphatic carbocycles. The summed E-state index contributed by atoms with van der Waals surface area (Å²) in [5.74, 6) is -2.36. The molecule has 0 saturated heterocycles. The summed E-state index contributed by atoms with van der Waals surface area (Å²) >= 11 is 11.7. The molecule has 4 nitrogen and oxygen atoms in total. The molecule has 0 spiro atoms. The standard InChI is InChI=1S/C15H15Cl2NO3/c16-10-4-3-9(6-11(10)17)18-14(19)12-7-1-2-8(5-7)13(12)15(20)21/h3-4,6-8,12-13H,1-2,5H2,(H,18,19)(H,20,21)/p-1/t7-,8+,12-,13+/m1/s1. The number of anilines is 1. The van der Waals surface area contributed by atoms with Gasteiger partial charge in [-0.15, -0.1) is 0 Å². The number of hydrogen-bond acceptors (Lipinski definition) is 3. The minimum atomic E-state index is -1.11. The molecule has 112 valence electrons. The SMILES string of the molecule is O=C(Nc1ccc(Cl)c(Cl)c1)[C@@H]1[C@@H]2CC[C@@H](C2)[C@@H]1C(=O)[O-]. The number of carboxylic acid groups (broad SMARTS) is 1. The van der Waals surface area contributed by atoms with Crippen molar-refractivity contribution < 1.29 is 14.7 Å². The molecular weight excluding hydrogens is 313 g/mol. The van der Waals surface area contributed by atoms with Crippen molar-refractivity contribution in [2.75, 3.05) is 5.32 Å². The number of halogens is 2. The van der Waals surface area contributed by atoms with Gasteiger partial charge in [-0.2, -0.15) is 0 Å². The Bertz CT molecular complexity index is 605. The van der Waals surface area contributed by atoms with E-state index in [-0.39, 0.29) is 17.7 Å². The van der Waals surface area contributed by atoms with Crippen LogP contribution < -0.4 is 10.4 Å². The molecule has 0 radical (unpaired) electrons. The summed E-state index contributed by atoms with van der Waals surface area (Å²) in [5.41, 5.74) is 0.522. The maximum Gasteiger partial charge on any atom is 0.228 e. The van der Waals surface area contributed by atoms with Crippen molar-refractivity contribution >= 4 is 40.8 Å². The van der Waals surface area contributed by atoms with E-state index in [4.69, 9.17) is 23.2 Å². The fraction of sp³-hybridized carbons (Fsp3) is 0.467. The third-order valence-electron chi connectivity index (χ3n) is 4.68. The highest BCUT2D eigenvalue weighted by Gasteiger charge is 2.51. The van der Waals surface area contributed by atoms with Crippen LogP contribution in [0.2, 0.25) is 10.0 Å². The molecule has 0 aliphatic heterocycles. The Morgan fingerprint density at radius 1 is 1.10 bits per heavy atom. The van der Waals surface area contributed by atoms with Crippen molar-refractivity contribution in [2.45, 2.75) is 19.3 Å². The first kappa shape index (κ1) is 14.7. The number of carboxylic acids is 1.